The lowest BCUT2D eigenvalue weighted by Gasteiger charge is -2.34. The fourth-order valence-electron chi connectivity index (χ4n) is 2.62. The fraction of sp³-hybridized carbons (Fsp3) is 0.714. The minimum atomic E-state index is 0.0519. The predicted octanol–water partition coefficient (Wildman–Crippen LogP) is 2.95. The second-order valence-electron chi connectivity index (χ2n) is 5.22. The highest BCUT2D eigenvalue weighted by Crippen LogP contribution is 2.29. The number of nitrogens with zero attached hydrogens (tertiary/aromatic N) is 2. The molecule has 1 unspecified atom stereocenters. The van der Waals surface area contributed by atoms with Crippen molar-refractivity contribution in [1.82, 2.24) is 9.88 Å². The van der Waals surface area contributed by atoms with E-state index in [1.54, 1.807) is 0 Å². The van der Waals surface area contributed by atoms with E-state index in [-0.39, 0.29) is 5.91 Å². The van der Waals surface area contributed by atoms with Gasteiger partial charge in [0.1, 0.15) is 10.7 Å². The van der Waals surface area contributed by atoms with E-state index in [4.69, 9.17) is 5.73 Å². The van der Waals surface area contributed by atoms with E-state index in [1.165, 1.54) is 17.8 Å². The minimum absolute atomic E-state index is 0.0519. The molecule has 1 aliphatic rings. The number of piperidine rings is 1. The molecule has 2 rings (SSSR count). The van der Waals surface area contributed by atoms with Crippen LogP contribution in [0.5, 0.6) is 0 Å². The molecule has 1 amide bonds. The van der Waals surface area contributed by atoms with Gasteiger partial charge >= 0.3 is 0 Å². The molecule has 2 heterocycles. The molecule has 1 aromatic rings. The number of hydrogen-bond acceptors (Lipinski definition) is 5. The van der Waals surface area contributed by atoms with Crippen LogP contribution in [0.15, 0.2) is 0 Å². The third kappa shape index (κ3) is 3.23. The van der Waals surface area contributed by atoms with E-state index < -0.39 is 0 Å². The quantitative estimate of drug-likeness (QED) is 0.876. The molecule has 6 heteroatoms. The summed E-state index contributed by atoms with van der Waals surface area (Å²) in [4.78, 5) is 19.5. The monoisotopic (exact) mass is 296 g/mol. The molecule has 1 aliphatic heterocycles. The predicted molar refractivity (Wildman–Crippen MR) is 84.3 cm³/mol. The van der Waals surface area contributed by atoms with Crippen molar-refractivity contribution >= 4 is 28.2 Å². The van der Waals surface area contributed by atoms with Crippen molar-refractivity contribution in [2.75, 3.05) is 24.1 Å². The van der Waals surface area contributed by atoms with Gasteiger partial charge in [0.15, 0.2) is 5.13 Å². The zero-order valence-electron chi connectivity index (χ0n) is 12.3. The van der Waals surface area contributed by atoms with E-state index in [2.05, 4.69) is 24.1 Å². The van der Waals surface area contributed by atoms with Gasteiger partial charge in [-0.15, -0.1) is 0 Å². The smallest absolute Gasteiger partial charge is 0.268 e. The summed E-state index contributed by atoms with van der Waals surface area (Å²) in [6, 6.07) is 0.352. The van der Waals surface area contributed by atoms with Crippen LogP contribution in [0.3, 0.4) is 0 Å². The summed E-state index contributed by atoms with van der Waals surface area (Å²) >= 11 is 1.38. The molecule has 0 aromatic carbocycles. The first-order valence-electron chi connectivity index (χ1n) is 7.48. The Balaban J connectivity index is 2.13. The van der Waals surface area contributed by atoms with Crippen molar-refractivity contribution in [1.29, 1.82) is 0 Å². The number of aromatic nitrogens is 1. The number of hydrogen-bond donors (Lipinski definition) is 2. The molecule has 5 nitrogen and oxygen atoms in total. The molecular formula is C14H24N4OS. The first-order valence-corrected chi connectivity index (χ1v) is 8.30. The highest BCUT2D eigenvalue weighted by Gasteiger charge is 2.29. The molecule has 1 saturated heterocycles. The summed E-state index contributed by atoms with van der Waals surface area (Å²) in [5.74, 6) is 0.412. The molecule has 1 aromatic heterocycles. The Hall–Kier alpha value is -1.30. The first kappa shape index (κ1) is 15.1. The molecule has 0 spiro atoms. The lowest BCUT2D eigenvalue weighted by molar-refractivity contribution is 0.0614. The average molecular weight is 296 g/mol. The first-order chi connectivity index (χ1) is 9.67. The molecule has 0 aliphatic carbocycles. The van der Waals surface area contributed by atoms with Crippen LogP contribution < -0.4 is 11.1 Å². The summed E-state index contributed by atoms with van der Waals surface area (Å²) in [5.41, 5.74) is 5.92. The molecule has 0 bridgehead atoms. The number of likely N-dealkylation sites (tertiary alicyclic amines) is 1. The fourth-order valence-corrected chi connectivity index (χ4v) is 3.48. The Morgan fingerprint density at radius 3 is 3.00 bits per heavy atom. The van der Waals surface area contributed by atoms with Crippen LogP contribution in [0.4, 0.5) is 10.9 Å². The van der Waals surface area contributed by atoms with Crippen LogP contribution >= 0.6 is 11.3 Å². The molecule has 0 saturated carbocycles. The number of amides is 1. The second kappa shape index (κ2) is 6.92. The Kier molecular flexibility index (Phi) is 5.23. The molecule has 1 fully saturated rings. The van der Waals surface area contributed by atoms with Gasteiger partial charge in [-0.3, -0.25) is 4.79 Å². The SMILES string of the molecule is CCCNc1nc(N)c(C(=O)N2CCCCC2CC)s1. The standard InChI is InChI=1S/C14H24N4OS/c1-3-8-16-14-17-12(15)11(20-14)13(19)18-9-6-5-7-10(18)4-2/h10H,3-9,15H2,1-2H3,(H,16,17). The van der Waals surface area contributed by atoms with Gasteiger partial charge in [-0.05, 0) is 32.1 Å². The Bertz CT molecular complexity index is 460. The summed E-state index contributed by atoms with van der Waals surface area (Å²) in [7, 11) is 0. The van der Waals surface area contributed by atoms with Gasteiger partial charge in [0.2, 0.25) is 0 Å². The number of carbonyl (C=O) groups excluding carboxylic acids is 1. The second-order valence-corrected chi connectivity index (χ2v) is 6.22. The van der Waals surface area contributed by atoms with Crippen LogP contribution in [0.1, 0.15) is 55.6 Å². The molecule has 3 N–H and O–H groups in total. The summed E-state index contributed by atoms with van der Waals surface area (Å²) in [6.45, 7) is 5.92. The summed E-state index contributed by atoms with van der Waals surface area (Å²) in [5, 5.41) is 3.94. The highest BCUT2D eigenvalue weighted by atomic mass is 32.1. The third-order valence-corrected chi connectivity index (χ3v) is 4.75. The number of nitrogens with two attached hydrogens (primary N) is 1. The van der Waals surface area contributed by atoms with Crippen molar-refractivity contribution in [3.63, 3.8) is 0 Å². The van der Waals surface area contributed by atoms with E-state index in [1.807, 2.05) is 4.90 Å². The van der Waals surface area contributed by atoms with Gasteiger partial charge in [-0.2, -0.15) is 0 Å². The number of nitrogen functional groups attached to an aromatic ring is 1. The van der Waals surface area contributed by atoms with Crippen LogP contribution in [0.25, 0.3) is 0 Å². The molecule has 112 valence electrons. The highest BCUT2D eigenvalue weighted by molar-refractivity contribution is 7.18. The Morgan fingerprint density at radius 2 is 2.30 bits per heavy atom. The van der Waals surface area contributed by atoms with Crippen molar-refractivity contribution < 1.29 is 4.79 Å². The van der Waals surface area contributed by atoms with E-state index >= 15 is 0 Å². The van der Waals surface area contributed by atoms with Gasteiger partial charge in [-0.25, -0.2) is 4.98 Å². The summed E-state index contributed by atoms with van der Waals surface area (Å²) in [6.07, 6.45) is 5.42. The average Bonchev–Trinajstić information content (AvgIpc) is 2.85. The number of anilines is 2. The zero-order valence-corrected chi connectivity index (χ0v) is 13.1. The maximum atomic E-state index is 12.7. The van der Waals surface area contributed by atoms with Crippen LogP contribution in [0.2, 0.25) is 0 Å². The molecule has 0 radical (unpaired) electrons. The number of rotatable bonds is 5. The van der Waals surface area contributed by atoms with Crippen molar-refractivity contribution in [2.45, 2.75) is 52.0 Å². The molecular weight excluding hydrogens is 272 g/mol. The van der Waals surface area contributed by atoms with Crippen LogP contribution in [0, 0.1) is 0 Å². The molecule has 1 atom stereocenters. The van der Waals surface area contributed by atoms with E-state index in [0.29, 0.717) is 16.7 Å². The maximum Gasteiger partial charge on any atom is 0.268 e. The zero-order chi connectivity index (χ0) is 14.5. The topological polar surface area (TPSA) is 71.2 Å². The van der Waals surface area contributed by atoms with E-state index in [0.717, 1.165) is 43.9 Å². The summed E-state index contributed by atoms with van der Waals surface area (Å²) < 4.78 is 0. The van der Waals surface area contributed by atoms with Gasteiger partial charge in [-0.1, -0.05) is 25.2 Å². The normalized spacial score (nSPS) is 19.1. The van der Waals surface area contributed by atoms with Crippen molar-refractivity contribution in [3.8, 4) is 0 Å². The number of nitrogens with one attached hydrogen (secondary N) is 1. The van der Waals surface area contributed by atoms with E-state index in [9.17, 15) is 4.79 Å². The Morgan fingerprint density at radius 1 is 1.50 bits per heavy atom. The van der Waals surface area contributed by atoms with Crippen molar-refractivity contribution in [3.05, 3.63) is 4.88 Å². The van der Waals surface area contributed by atoms with Crippen LogP contribution in [-0.4, -0.2) is 34.9 Å². The minimum Gasteiger partial charge on any atom is -0.382 e. The largest absolute Gasteiger partial charge is 0.382 e. The number of carbonyl (C=O) groups is 1. The Labute approximate surface area is 124 Å². The van der Waals surface area contributed by atoms with Gasteiger partial charge in [0.25, 0.3) is 5.91 Å². The third-order valence-electron chi connectivity index (χ3n) is 3.73. The molecule has 20 heavy (non-hydrogen) atoms. The van der Waals surface area contributed by atoms with Gasteiger partial charge < -0.3 is 16.0 Å². The van der Waals surface area contributed by atoms with Crippen molar-refractivity contribution in [2.24, 2.45) is 0 Å². The lowest BCUT2D eigenvalue weighted by Crippen LogP contribution is -2.43. The van der Waals surface area contributed by atoms with Crippen LogP contribution in [-0.2, 0) is 0 Å². The van der Waals surface area contributed by atoms with Gasteiger partial charge in [0.05, 0.1) is 0 Å². The lowest BCUT2D eigenvalue weighted by atomic mass is 10.00. The maximum absolute atomic E-state index is 12.7. The number of thiazole rings is 1. The van der Waals surface area contributed by atoms with Gasteiger partial charge in [0, 0.05) is 19.1 Å².